The van der Waals surface area contributed by atoms with E-state index in [1.54, 1.807) is 9.80 Å². The molecule has 0 radical (unpaired) electrons. The van der Waals surface area contributed by atoms with Crippen LogP contribution in [-0.2, 0) is 16.1 Å². The van der Waals surface area contributed by atoms with Gasteiger partial charge in [0.2, 0.25) is 11.8 Å². The lowest BCUT2D eigenvalue weighted by molar-refractivity contribution is -0.150. The van der Waals surface area contributed by atoms with E-state index >= 15 is 0 Å². The predicted molar refractivity (Wildman–Crippen MR) is 76.0 cm³/mol. The van der Waals surface area contributed by atoms with Gasteiger partial charge in [0.05, 0.1) is 13.1 Å². The van der Waals surface area contributed by atoms with E-state index in [2.05, 4.69) is 11.8 Å². The van der Waals surface area contributed by atoms with Gasteiger partial charge < -0.3 is 14.9 Å². The van der Waals surface area contributed by atoms with Crippen LogP contribution in [0.3, 0.4) is 0 Å². The molecule has 0 atom stereocenters. The average Bonchev–Trinajstić information content (AvgIpc) is 2.87. The van der Waals surface area contributed by atoms with Crippen molar-refractivity contribution in [3.63, 3.8) is 0 Å². The van der Waals surface area contributed by atoms with Crippen LogP contribution >= 0.6 is 11.3 Å². The summed E-state index contributed by atoms with van der Waals surface area (Å²) in [5.74, 6) is 5.37. The van der Waals surface area contributed by atoms with Crippen molar-refractivity contribution in [3.05, 3.63) is 21.9 Å². The van der Waals surface area contributed by atoms with Crippen molar-refractivity contribution in [1.82, 2.24) is 9.80 Å². The molecule has 1 aromatic heterocycles. The second kappa shape index (κ2) is 6.55. The summed E-state index contributed by atoms with van der Waals surface area (Å²) in [6, 6.07) is 1.89. The normalized spacial score (nSPS) is 15.3. The first-order valence-corrected chi connectivity index (χ1v) is 7.24. The number of aliphatic hydroxyl groups is 1. The Morgan fingerprint density at radius 1 is 1.30 bits per heavy atom. The second-order valence-electron chi connectivity index (χ2n) is 4.42. The Kier molecular flexibility index (Phi) is 4.77. The van der Waals surface area contributed by atoms with Gasteiger partial charge in [0, 0.05) is 22.4 Å². The first kappa shape index (κ1) is 14.6. The molecule has 20 heavy (non-hydrogen) atoms. The highest BCUT2D eigenvalue weighted by Gasteiger charge is 2.28. The Hall–Kier alpha value is -1.84. The zero-order valence-electron chi connectivity index (χ0n) is 11.3. The zero-order valence-corrected chi connectivity index (χ0v) is 12.1. The number of aliphatic hydroxyl groups excluding tert-OH is 1. The van der Waals surface area contributed by atoms with Crippen LogP contribution in [0.1, 0.15) is 17.4 Å². The van der Waals surface area contributed by atoms with Gasteiger partial charge in [-0.2, -0.15) is 0 Å². The molecule has 106 valence electrons. The van der Waals surface area contributed by atoms with E-state index < -0.39 is 0 Å². The molecule has 0 aliphatic carbocycles. The molecule has 2 amide bonds. The predicted octanol–water partition coefficient (Wildman–Crippen LogP) is 0.283. The number of nitrogens with zero attached hydrogens (tertiary/aromatic N) is 2. The van der Waals surface area contributed by atoms with Gasteiger partial charge in [0.15, 0.2) is 0 Å². The van der Waals surface area contributed by atoms with Gasteiger partial charge in [-0.3, -0.25) is 9.59 Å². The molecule has 6 heteroatoms. The molecular formula is C14H16N2O3S. The zero-order chi connectivity index (χ0) is 14.5. The smallest absolute Gasteiger partial charge is 0.242 e. The minimum absolute atomic E-state index is 0.0102. The van der Waals surface area contributed by atoms with Crippen molar-refractivity contribution in [2.45, 2.75) is 13.5 Å². The summed E-state index contributed by atoms with van der Waals surface area (Å²) < 4.78 is 0. The molecule has 0 spiro atoms. The van der Waals surface area contributed by atoms with Crippen LogP contribution in [0.15, 0.2) is 11.4 Å². The molecule has 1 aliphatic heterocycles. The molecule has 1 aliphatic rings. The van der Waals surface area contributed by atoms with Gasteiger partial charge in [-0.15, -0.1) is 11.3 Å². The number of carbonyl (C=O) groups excluding carboxylic acids is 2. The summed E-state index contributed by atoms with van der Waals surface area (Å²) in [6.45, 7) is 3.01. The van der Waals surface area contributed by atoms with E-state index in [9.17, 15) is 9.59 Å². The van der Waals surface area contributed by atoms with Crippen molar-refractivity contribution < 1.29 is 14.7 Å². The van der Waals surface area contributed by atoms with E-state index in [0.29, 0.717) is 13.1 Å². The molecule has 0 bridgehead atoms. The lowest BCUT2D eigenvalue weighted by Crippen LogP contribution is -2.53. The number of piperazine rings is 1. The number of likely N-dealkylation sites (N-methyl/N-ethyl adjacent to an activating group) is 1. The fraction of sp³-hybridized carbons (Fsp3) is 0.429. The molecule has 5 nitrogen and oxygen atoms in total. The first-order valence-electron chi connectivity index (χ1n) is 6.36. The Morgan fingerprint density at radius 2 is 2.00 bits per heavy atom. The van der Waals surface area contributed by atoms with Crippen LogP contribution in [0, 0.1) is 11.8 Å². The number of hydrogen-bond acceptors (Lipinski definition) is 4. The minimum atomic E-state index is -0.169. The summed E-state index contributed by atoms with van der Waals surface area (Å²) in [7, 11) is 0. The summed E-state index contributed by atoms with van der Waals surface area (Å²) >= 11 is 1.50. The minimum Gasteiger partial charge on any atom is -0.384 e. The molecule has 0 saturated carbocycles. The topological polar surface area (TPSA) is 60.9 Å². The number of rotatable bonds is 3. The second-order valence-corrected chi connectivity index (χ2v) is 5.42. The van der Waals surface area contributed by atoms with Crippen molar-refractivity contribution in [1.29, 1.82) is 0 Å². The Balaban J connectivity index is 2.01. The van der Waals surface area contributed by atoms with Crippen molar-refractivity contribution in [3.8, 4) is 11.8 Å². The fourth-order valence-electron chi connectivity index (χ4n) is 1.99. The quantitative estimate of drug-likeness (QED) is 0.814. The third-order valence-corrected chi connectivity index (χ3v) is 3.97. The maximum absolute atomic E-state index is 12.0. The van der Waals surface area contributed by atoms with Crippen LogP contribution in [0.5, 0.6) is 0 Å². The molecule has 2 rings (SSSR count). The van der Waals surface area contributed by atoms with E-state index in [4.69, 9.17) is 5.11 Å². The van der Waals surface area contributed by atoms with E-state index in [0.717, 1.165) is 10.4 Å². The third-order valence-electron chi connectivity index (χ3n) is 3.05. The van der Waals surface area contributed by atoms with Crippen LogP contribution < -0.4 is 0 Å². The Labute approximate surface area is 121 Å². The van der Waals surface area contributed by atoms with E-state index in [1.165, 1.54) is 11.3 Å². The maximum Gasteiger partial charge on any atom is 0.242 e. The fourth-order valence-corrected chi connectivity index (χ4v) is 2.82. The summed E-state index contributed by atoms with van der Waals surface area (Å²) in [4.78, 5) is 27.9. The SMILES string of the molecule is CCN1CC(=O)N(Cc2cc(C#CCO)cs2)CC1=O. The van der Waals surface area contributed by atoms with Crippen molar-refractivity contribution >= 4 is 23.2 Å². The molecule has 0 aromatic carbocycles. The molecule has 2 heterocycles. The number of thiophene rings is 1. The van der Waals surface area contributed by atoms with Gasteiger partial charge in [-0.05, 0) is 13.0 Å². The summed E-state index contributed by atoms with van der Waals surface area (Å²) in [6.07, 6.45) is 0. The van der Waals surface area contributed by atoms with Gasteiger partial charge in [0.1, 0.15) is 13.2 Å². The van der Waals surface area contributed by atoms with Gasteiger partial charge in [0.25, 0.3) is 0 Å². The molecule has 1 aromatic rings. The third kappa shape index (κ3) is 3.38. The van der Waals surface area contributed by atoms with Crippen LogP contribution in [0.2, 0.25) is 0 Å². The van der Waals surface area contributed by atoms with Crippen LogP contribution in [0.4, 0.5) is 0 Å². The van der Waals surface area contributed by atoms with Crippen LogP contribution in [0.25, 0.3) is 0 Å². The number of amides is 2. The molecule has 0 unspecified atom stereocenters. The van der Waals surface area contributed by atoms with Gasteiger partial charge >= 0.3 is 0 Å². The molecule has 1 fully saturated rings. The number of carbonyl (C=O) groups is 2. The van der Waals surface area contributed by atoms with Crippen molar-refractivity contribution in [2.75, 3.05) is 26.2 Å². The summed E-state index contributed by atoms with van der Waals surface area (Å²) in [5.41, 5.74) is 0.824. The number of hydrogen-bond donors (Lipinski definition) is 1. The van der Waals surface area contributed by atoms with E-state index in [1.807, 2.05) is 18.4 Å². The highest BCUT2D eigenvalue weighted by atomic mass is 32.1. The van der Waals surface area contributed by atoms with Crippen LogP contribution in [-0.4, -0.2) is 53.0 Å². The van der Waals surface area contributed by atoms with Gasteiger partial charge in [-0.25, -0.2) is 0 Å². The highest BCUT2D eigenvalue weighted by Crippen LogP contribution is 2.18. The van der Waals surface area contributed by atoms with Gasteiger partial charge in [-0.1, -0.05) is 11.8 Å². The standard InChI is InChI=1S/C14H16N2O3S/c1-2-15-8-14(19)16(9-13(15)18)7-12-6-11(10-20-12)4-3-5-17/h6,10,17H,2,5,7-9H2,1H3. The molecule has 1 saturated heterocycles. The summed E-state index contributed by atoms with van der Waals surface area (Å²) in [5, 5.41) is 10.5. The lowest BCUT2D eigenvalue weighted by Gasteiger charge is -2.32. The first-order chi connectivity index (χ1) is 9.63. The lowest BCUT2D eigenvalue weighted by atomic mass is 10.2. The molecular weight excluding hydrogens is 276 g/mol. The highest BCUT2D eigenvalue weighted by molar-refractivity contribution is 7.10. The Bertz CT molecular complexity index is 570. The average molecular weight is 292 g/mol. The monoisotopic (exact) mass is 292 g/mol. The van der Waals surface area contributed by atoms with E-state index in [-0.39, 0.29) is 31.5 Å². The maximum atomic E-state index is 12.0. The van der Waals surface area contributed by atoms with Crippen molar-refractivity contribution in [2.24, 2.45) is 0 Å². The Morgan fingerprint density at radius 3 is 2.70 bits per heavy atom. The molecule has 1 N–H and O–H groups in total. The largest absolute Gasteiger partial charge is 0.384 e.